The number of hydrogen-bond donors (Lipinski definition) is 1. The highest BCUT2D eigenvalue weighted by Crippen LogP contribution is 2.28. The van der Waals surface area contributed by atoms with Crippen molar-refractivity contribution in [2.24, 2.45) is 7.05 Å². The number of carbonyl (C=O) groups is 1. The Morgan fingerprint density at radius 1 is 1.18 bits per heavy atom. The molecule has 0 fully saturated rings. The number of aryl methyl sites for hydroxylation is 2. The molecule has 0 bridgehead atoms. The van der Waals surface area contributed by atoms with Crippen LogP contribution in [0, 0.1) is 18.6 Å². The second-order valence-electron chi connectivity index (χ2n) is 6.55. The van der Waals surface area contributed by atoms with Crippen LogP contribution in [0.2, 0.25) is 0 Å². The first kappa shape index (κ1) is 17.9. The number of rotatable bonds is 4. The molecule has 0 spiro atoms. The molecule has 1 N–H and O–H groups in total. The normalized spacial score (nSPS) is 12.3. The third-order valence-electron chi connectivity index (χ3n) is 4.68. The lowest BCUT2D eigenvalue weighted by Crippen LogP contribution is -2.31. The van der Waals surface area contributed by atoms with Gasteiger partial charge >= 0.3 is 0 Å². The van der Waals surface area contributed by atoms with Crippen LogP contribution in [0.25, 0.3) is 11.0 Å². The summed E-state index contributed by atoms with van der Waals surface area (Å²) >= 11 is 0. The molecule has 2 aromatic heterocycles. The predicted molar refractivity (Wildman–Crippen MR) is 99.8 cm³/mol. The van der Waals surface area contributed by atoms with Crippen LogP contribution in [0.15, 0.2) is 59.3 Å². The van der Waals surface area contributed by atoms with Gasteiger partial charge in [-0.3, -0.25) is 4.79 Å². The molecule has 0 aliphatic rings. The van der Waals surface area contributed by atoms with E-state index >= 15 is 0 Å². The highest BCUT2D eigenvalue weighted by molar-refractivity contribution is 5.99. The monoisotopic (exact) mass is 381 g/mol. The van der Waals surface area contributed by atoms with Crippen molar-refractivity contribution in [3.8, 4) is 0 Å². The number of halogens is 2. The molecule has 0 radical (unpaired) electrons. The number of carbonyl (C=O) groups excluding carboxylic acids is 1. The van der Waals surface area contributed by atoms with Gasteiger partial charge in [-0.2, -0.15) is 0 Å². The van der Waals surface area contributed by atoms with Crippen molar-refractivity contribution in [2.45, 2.75) is 13.0 Å². The van der Waals surface area contributed by atoms with E-state index in [1.165, 1.54) is 30.3 Å². The second-order valence-corrected chi connectivity index (χ2v) is 6.55. The van der Waals surface area contributed by atoms with E-state index in [0.29, 0.717) is 27.9 Å². The fourth-order valence-corrected chi connectivity index (χ4v) is 3.24. The maximum Gasteiger partial charge on any atom is 0.288 e. The molecule has 0 saturated carbocycles. The van der Waals surface area contributed by atoms with Gasteiger partial charge in [0.05, 0.1) is 0 Å². The highest BCUT2D eigenvalue weighted by atomic mass is 19.1. The van der Waals surface area contributed by atoms with E-state index in [0.717, 1.165) is 0 Å². The molecule has 2 aromatic carbocycles. The van der Waals surface area contributed by atoms with Crippen molar-refractivity contribution in [2.75, 3.05) is 0 Å². The van der Waals surface area contributed by atoms with Gasteiger partial charge in [0.15, 0.2) is 5.76 Å². The molecular weight excluding hydrogens is 364 g/mol. The summed E-state index contributed by atoms with van der Waals surface area (Å²) in [6.45, 7) is 1.69. The van der Waals surface area contributed by atoms with Gasteiger partial charge in [-0.1, -0.05) is 12.1 Å². The third-order valence-corrected chi connectivity index (χ3v) is 4.68. The van der Waals surface area contributed by atoms with Crippen LogP contribution < -0.4 is 5.32 Å². The first-order valence-corrected chi connectivity index (χ1v) is 8.66. The van der Waals surface area contributed by atoms with Crippen LogP contribution in [0.1, 0.15) is 33.5 Å². The molecule has 142 valence electrons. The van der Waals surface area contributed by atoms with Crippen LogP contribution in [-0.2, 0) is 7.05 Å². The second kappa shape index (κ2) is 6.92. The largest absolute Gasteiger partial charge is 0.451 e. The van der Waals surface area contributed by atoms with Crippen LogP contribution in [0.4, 0.5) is 8.78 Å². The van der Waals surface area contributed by atoms with E-state index in [4.69, 9.17) is 4.42 Å². The summed E-state index contributed by atoms with van der Waals surface area (Å²) in [6, 6.07) is 9.36. The number of hydrogen-bond acceptors (Lipinski definition) is 3. The number of amides is 1. The van der Waals surface area contributed by atoms with Crippen molar-refractivity contribution in [1.82, 2.24) is 14.9 Å². The van der Waals surface area contributed by atoms with Crippen LogP contribution >= 0.6 is 0 Å². The molecule has 4 aromatic rings. The number of nitrogens with one attached hydrogen (secondary N) is 1. The average Bonchev–Trinajstić information content (AvgIpc) is 3.23. The number of furan rings is 1. The SMILES string of the molecule is Cc1c(C(=O)NC(c2cccc(F)c2)c2nccn2C)oc2ccc(F)cc12. The van der Waals surface area contributed by atoms with E-state index in [-0.39, 0.29) is 5.76 Å². The molecule has 0 saturated heterocycles. The smallest absolute Gasteiger partial charge is 0.288 e. The molecule has 1 atom stereocenters. The quantitative estimate of drug-likeness (QED) is 0.574. The molecule has 0 aliphatic carbocycles. The zero-order valence-electron chi connectivity index (χ0n) is 15.2. The molecule has 7 heteroatoms. The van der Waals surface area contributed by atoms with Crippen molar-refractivity contribution >= 4 is 16.9 Å². The minimum Gasteiger partial charge on any atom is -0.451 e. The maximum atomic E-state index is 13.8. The standard InChI is InChI=1S/C21H17F2N3O2/c1-12-16-11-15(23)6-7-17(16)28-19(12)21(27)25-18(20-24-8-9-26(20)2)13-4-3-5-14(22)10-13/h3-11,18H,1-2H3,(H,25,27). The fraction of sp³-hybridized carbons (Fsp3) is 0.143. The molecule has 1 unspecified atom stereocenters. The molecule has 2 heterocycles. The van der Waals surface area contributed by atoms with Gasteiger partial charge in [-0.05, 0) is 42.8 Å². The first-order chi connectivity index (χ1) is 13.4. The van der Waals surface area contributed by atoms with Gasteiger partial charge < -0.3 is 14.3 Å². The molecule has 28 heavy (non-hydrogen) atoms. The summed E-state index contributed by atoms with van der Waals surface area (Å²) in [6.07, 6.45) is 3.34. The van der Waals surface area contributed by atoms with E-state index in [1.807, 2.05) is 0 Å². The van der Waals surface area contributed by atoms with Gasteiger partial charge in [-0.25, -0.2) is 13.8 Å². The summed E-state index contributed by atoms with van der Waals surface area (Å²) in [4.78, 5) is 17.3. The fourth-order valence-electron chi connectivity index (χ4n) is 3.24. The Hall–Kier alpha value is -3.48. The number of imidazole rings is 1. The minimum absolute atomic E-state index is 0.0798. The van der Waals surface area contributed by atoms with Crippen molar-refractivity contribution in [1.29, 1.82) is 0 Å². The summed E-state index contributed by atoms with van der Waals surface area (Å²) < 4.78 is 34.7. The number of nitrogens with zero attached hydrogens (tertiary/aromatic N) is 2. The lowest BCUT2D eigenvalue weighted by Gasteiger charge is -2.19. The zero-order valence-corrected chi connectivity index (χ0v) is 15.2. The van der Waals surface area contributed by atoms with Gasteiger partial charge in [0, 0.05) is 30.4 Å². The van der Waals surface area contributed by atoms with E-state index in [1.54, 1.807) is 43.1 Å². The van der Waals surface area contributed by atoms with Gasteiger partial charge in [0.1, 0.15) is 29.1 Å². The lowest BCUT2D eigenvalue weighted by molar-refractivity contribution is 0.0914. The van der Waals surface area contributed by atoms with Crippen LogP contribution in [-0.4, -0.2) is 15.5 Å². The van der Waals surface area contributed by atoms with Gasteiger partial charge in [0.25, 0.3) is 5.91 Å². The zero-order chi connectivity index (χ0) is 19.8. The Balaban J connectivity index is 1.74. The van der Waals surface area contributed by atoms with E-state index in [2.05, 4.69) is 10.3 Å². The van der Waals surface area contributed by atoms with E-state index < -0.39 is 23.6 Å². The third kappa shape index (κ3) is 3.15. The summed E-state index contributed by atoms with van der Waals surface area (Å²) in [5.41, 5.74) is 1.50. The summed E-state index contributed by atoms with van der Waals surface area (Å²) in [5.74, 6) is -0.698. The van der Waals surface area contributed by atoms with Crippen LogP contribution in [0.5, 0.6) is 0 Å². The number of benzene rings is 2. The molecule has 4 rings (SSSR count). The van der Waals surface area contributed by atoms with Gasteiger partial charge in [-0.15, -0.1) is 0 Å². The Labute approximate surface area is 159 Å². The Morgan fingerprint density at radius 3 is 2.68 bits per heavy atom. The minimum atomic E-state index is -0.687. The topological polar surface area (TPSA) is 60.1 Å². The van der Waals surface area contributed by atoms with Crippen molar-refractivity contribution in [3.05, 3.63) is 89.2 Å². The molecule has 5 nitrogen and oxygen atoms in total. The first-order valence-electron chi connectivity index (χ1n) is 8.66. The number of fused-ring (bicyclic) bond motifs is 1. The predicted octanol–water partition coefficient (Wildman–Crippen LogP) is 4.27. The van der Waals surface area contributed by atoms with Crippen molar-refractivity contribution in [3.63, 3.8) is 0 Å². The van der Waals surface area contributed by atoms with Crippen LogP contribution in [0.3, 0.4) is 0 Å². The summed E-state index contributed by atoms with van der Waals surface area (Å²) in [7, 11) is 1.79. The molecule has 0 aliphatic heterocycles. The maximum absolute atomic E-state index is 13.8. The summed E-state index contributed by atoms with van der Waals surface area (Å²) in [5, 5.41) is 3.39. The molecule has 1 amide bonds. The Kier molecular flexibility index (Phi) is 4.43. The Bertz CT molecular complexity index is 1180. The average molecular weight is 381 g/mol. The lowest BCUT2D eigenvalue weighted by atomic mass is 10.1. The Morgan fingerprint density at radius 2 is 1.96 bits per heavy atom. The highest BCUT2D eigenvalue weighted by Gasteiger charge is 2.25. The molecular formula is C21H17F2N3O2. The van der Waals surface area contributed by atoms with Crippen molar-refractivity contribution < 1.29 is 18.0 Å². The van der Waals surface area contributed by atoms with E-state index in [9.17, 15) is 13.6 Å². The van der Waals surface area contributed by atoms with Gasteiger partial charge in [0.2, 0.25) is 0 Å². The number of aromatic nitrogens is 2.